The smallest absolute Gasteiger partial charge is 0.237 e. The number of hydrogen-bond acceptors (Lipinski definition) is 6. The first-order chi connectivity index (χ1) is 11.1. The van der Waals surface area contributed by atoms with Gasteiger partial charge < -0.3 is 10.6 Å². The number of aromatic nitrogens is 2. The molecule has 0 aliphatic carbocycles. The summed E-state index contributed by atoms with van der Waals surface area (Å²) in [5.41, 5.74) is 0.270. The Morgan fingerprint density at radius 2 is 2.08 bits per heavy atom. The average molecular weight is 389 g/mol. The molecule has 9 heteroatoms. The highest BCUT2D eigenvalue weighted by molar-refractivity contribution is 8.02. The van der Waals surface area contributed by atoms with Gasteiger partial charge in [0.15, 0.2) is 4.34 Å². The fourth-order valence-corrected chi connectivity index (χ4v) is 3.98. The maximum atomic E-state index is 13.0. The van der Waals surface area contributed by atoms with Gasteiger partial charge in [-0.25, -0.2) is 4.39 Å². The SMILES string of the molecule is CC(Sc1nnc(NC(C)(C)C)s1)C(=O)Nc1ccc(F)cc1Cl. The molecule has 1 amide bonds. The van der Waals surface area contributed by atoms with E-state index in [1.807, 2.05) is 20.8 Å². The summed E-state index contributed by atoms with van der Waals surface area (Å²) >= 11 is 8.61. The molecule has 1 heterocycles. The van der Waals surface area contributed by atoms with Crippen molar-refractivity contribution in [1.29, 1.82) is 0 Å². The van der Waals surface area contributed by atoms with Crippen molar-refractivity contribution in [2.24, 2.45) is 0 Å². The van der Waals surface area contributed by atoms with Gasteiger partial charge in [-0.1, -0.05) is 34.7 Å². The van der Waals surface area contributed by atoms with Gasteiger partial charge in [0.2, 0.25) is 11.0 Å². The average Bonchev–Trinajstić information content (AvgIpc) is 2.86. The van der Waals surface area contributed by atoms with Crippen molar-refractivity contribution in [3.63, 3.8) is 0 Å². The molecular weight excluding hydrogens is 371 g/mol. The number of thioether (sulfide) groups is 1. The molecule has 130 valence electrons. The van der Waals surface area contributed by atoms with Gasteiger partial charge in [0.25, 0.3) is 0 Å². The van der Waals surface area contributed by atoms with Gasteiger partial charge >= 0.3 is 0 Å². The van der Waals surface area contributed by atoms with E-state index in [4.69, 9.17) is 11.6 Å². The summed E-state index contributed by atoms with van der Waals surface area (Å²) in [6, 6.07) is 3.84. The zero-order valence-corrected chi connectivity index (χ0v) is 16.1. The van der Waals surface area contributed by atoms with Crippen LogP contribution in [0.4, 0.5) is 15.2 Å². The first-order valence-electron chi connectivity index (χ1n) is 7.18. The second-order valence-electron chi connectivity index (χ2n) is 6.12. The second-order valence-corrected chi connectivity index (χ2v) is 9.09. The van der Waals surface area contributed by atoms with Crippen LogP contribution in [0.2, 0.25) is 5.02 Å². The van der Waals surface area contributed by atoms with Crippen LogP contribution in [0.25, 0.3) is 0 Å². The van der Waals surface area contributed by atoms with Gasteiger partial charge in [0.1, 0.15) is 5.82 Å². The Hall–Kier alpha value is -1.38. The molecule has 0 aliphatic heterocycles. The van der Waals surface area contributed by atoms with Crippen LogP contribution < -0.4 is 10.6 Å². The van der Waals surface area contributed by atoms with E-state index in [2.05, 4.69) is 20.8 Å². The number of carbonyl (C=O) groups excluding carboxylic acids is 1. The lowest BCUT2D eigenvalue weighted by atomic mass is 10.1. The predicted molar refractivity (Wildman–Crippen MR) is 98.6 cm³/mol. The van der Waals surface area contributed by atoms with Crippen LogP contribution in [0.3, 0.4) is 0 Å². The van der Waals surface area contributed by atoms with E-state index in [-0.39, 0.29) is 16.5 Å². The number of hydrogen-bond donors (Lipinski definition) is 2. The maximum absolute atomic E-state index is 13.0. The van der Waals surface area contributed by atoms with E-state index < -0.39 is 11.1 Å². The topological polar surface area (TPSA) is 66.9 Å². The highest BCUT2D eigenvalue weighted by atomic mass is 35.5. The van der Waals surface area contributed by atoms with E-state index in [1.54, 1.807) is 6.92 Å². The fourth-order valence-electron chi connectivity index (χ4n) is 1.66. The van der Waals surface area contributed by atoms with Crippen molar-refractivity contribution in [3.8, 4) is 0 Å². The number of anilines is 2. The normalized spacial score (nSPS) is 12.8. The van der Waals surface area contributed by atoms with E-state index in [9.17, 15) is 9.18 Å². The van der Waals surface area contributed by atoms with Crippen LogP contribution in [0.1, 0.15) is 27.7 Å². The van der Waals surface area contributed by atoms with Crippen LogP contribution in [-0.2, 0) is 4.79 Å². The molecule has 2 rings (SSSR count). The standard InChI is InChI=1S/C15H18ClFN4OS2/c1-8(12(22)18-11-6-5-9(17)7-10(11)16)23-14-21-20-13(24-14)19-15(2,3)4/h5-8H,1-4H3,(H,18,22)(H,19,20). The number of halogens is 2. The highest BCUT2D eigenvalue weighted by Gasteiger charge is 2.19. The first-order valence-corrected chi connectivity index (χ1v) is 9.26. The number of nitrogens with one attached hydrogen (secondary N) is 2. The molecule has 0 saturated heterocycles. The van der Waals surface area contributed by atoms with Crippen molar-refractivity contribution >= 4 is 51.4 Å². The maximum Gasteiger partial charge on any atom is 0.237 e. The molecule has 0 aliphatic rings. The lowest BCUT2D eigenvalue weighted by molar-refractivity contribution is -0.115. The molecule has 5 nitrogen and oxygen atoms in total. The Labute approximate surface area is 153 Å². The zero-order valence-electron chi connectivity index (χ0n) is 13.7. The Morgan fingerprint density at radius 3 is 2.71 bits per heavy atom. The minimum absolute atomic E-state index is 0.107. The molecule has 0 bridgehead atoms. The van der Waals surface area contributed by atoms with Crippen molar-refractivity contribution in [2.75, 3.05) is 10.6 Å². The molecular formula is C15H18ClFN4OS2. The molecule has 0 saturated carbocycles. The molecule has 2 aromatic rings. The molecule has 1 atom stereocenters. The summed E-state index contributed by atoms with van der Waals surface area (Å²) < 4.78 is 13.7. The molecule has 0 spiro atoms. The van der Waals surface area contributed by atoms with E-state index in [0.717, 1.165) is 6.07 Å². The molecule has 0 fully saturated rings. The van der Waals surface area contributed by atoms with Gasteiger partial charge in [-0.05, 0) is 45.9 Å². The zero-order chi connectivity index (χ0) is 17.9. The molecule has 1 unspecified atom stereocenters. The number of rotatable bonds is 5. The largest absolute Gasteiger partial charge is 0.355 e. The van der Waals surface area contributed by atoms with E-state index in [0.29, 0.717) is 15.2 Å². The second kappa shape index (κ2) is 7.67. The predicted octanol–water partition coefficient (Wildman–Crippen LogP) is 4.66. The van der Waals surface area contributed by atoms with Crippen LogP contribution in [-0.4, -0.2) is 26.9 Å². The number of nitrogens with zero attached hydrogens (tertiary/aromatic N) is 2. The Bertz CT molecular complexity index is 733. The van der Waals surface area contributed by atoms with Crippen molar-refractivity contribution in [1.82, 2.24) is 10.2 Å². The van der Waals surface area contributed by atoms with Gasteiger partial charge in [0.05, 0.1) is 16.0 Å². The summed E-state index contributed by atoms with van der Waals surface area (Å²) in [5, 5.41) is 14.5. The third-order valence-electron chi connectivity index (χ3n) is 2.72. The summed E-state index contributed by atoms with van der Waals surface area (Å²) in [6.45, 7) is 7.85. The van der Waals surface area contributed by atoms with Crippen LogP contribution in [0.5, 0.6) is 0 Å². The molecule has 1 aromatic carbocycles. The summed E-state index contributed by atoms with van der Waals surface area (Å²) in [6.07, 6.45) is 0. The minimum atomic E-state index is -0.451. The quantitative estimate of drug-likeness (QED) is 0.729. The van der Waals surface area contributed by atoms with E-state index >= 15 is 0 Å². The van der Waals surface area contributed by atoms with Crippen molar-refractivity contribution in [3.05, 3.63) is 29.0 Å². The Morgan fingerprint density at radius 1 is 1.38 bits per heavy atom. The summed E-state index contributed by atoms with van der Waals surface area (Å²) in [4.78, 5) is 12.2. The van der Waals surface area contributed by atoms with Crippen LogP contribution in [0, 0.1) is 5.82 Å². The summed E-state index contributed by atoms with van der Waals surface area (Å²) in [7, 11) is 0. The van der Waals surface area contributed by atoms with Gasteiger partial charge in [0, 0.05) is 5.54 Å². The third-order valence-corrected chi connectivity index (χ3v) is 5.06. The van der Waals surface area contributed by atoms with Gasteiger partial charge in [-0.15, -0.1) is 10.2 Å². The molecule has 24 heavy (non-hydrogen) atoms. The van der Waals surface area contributed by atoms with Crippen LogP contribution in [0.15, 0.2) is 22.5 Å². The monoisotopic (exact) mass is 388 g/mol. The lowest BCUT2D eigenvalue weighted by Gasteiger charge is -2.18. The molecule has 0 radical (unpaired) electrons. The third kappa shape index (κ3) is 5.61. The van der Waals surface area contributed by atoms with Crippen molar-refractivity contribution in [2.45, 2.75) is 42.8 Å². The highest BCUT2D eigenvalue weighted by Crippen LogP contribution is 2.31. The molecule has 1 aromatic heterocycles. The number of amides is 1. The fraction of sp³-hybridized carbons (Fsp3) is 0.400. The first kappa shape index (κ1) is 19.0. The van der Waals surface area contributed by atoms with Gasteiger partial charge in [-0.3, -0.25) is 4.79 Å². The van der Waals surface area contributed by atoms with E-state index in [1.165, 1.54) is 35.2 Å². The Kier molecular flexibility index (Phi) is 6.06. The number of benzene rings is 1. The van der Waals surface area contributed by atoms with Gasteiger partial charge in [-0.2, -0.15) is 0 Å². The lowest BCUT2D eigenvalue weighted by Crippen LogP contribution is -2.25. The van der Waals surface area contributed by atoms with Crippen LogP contribution >= 0.6 is 34.7 Å². The number of carbonyl (C=O) groups is 1. The van der Waals surface area contributed by atoms with Crippen molar-refractivity contribution < 1.29 is 9.18 Å². The minimum Gasteiger partial charge on any atom is -0.355 e. The molecule has 2 N–H and O–H groups in total. The Balaban J connectivity index is 1.96. The summed E-state index contributed by atoms with van der Waals surface area (Å²) in [5.74, 6) is -0.692.